The molecule has 0 aliphatic heterocycles. The van der Waals surface area contributed by atoms with Gasteiger partial charge in [-0.2, -0.15) is 0 Å². The zero-order valence-electron chi connectivity index (χ0n) is 15.1. The van der Waals surface area contributed by atoms with Gasteiger partial charge in [0.25, 0.3) is 10.0 Å². The highest BCUT2D eigenvalue weighted by Gasteiger charge is 2.18. The molecule has 1 atom stereocenters. The van der Waals surface area contributed by atoms with Crippen molar-refractivity contribution in [1.29, 1.82) is 0 Å². The van der Waals surface area contributed by atoms with Crippen LogP contribution >= 0.6 is 0 Å². The predicted molar refractivity (Wildman–Crippen MR) is 98.9 cm³/mol. The van der Waals surface area contributed by atoms with Gasteiger partial charge in [-0.25, -0.2) is 18.1 Å². The number of benzene rings is 1. The van der Waals surface area contributed by atoms with Crippen LogP contribution in [0.25, 0.3) is 0 Å². The lowest BCUT2D eigenvalue weighted by molar-refractivity contribution is -0.120. The Morgan fingerprint density at radius 2 is 1.85 bits per heavy atom. The van der Waals surface area contributed by atoms with Crippen LogP contribution in [0.15, 0.2) is 41.8 Å². The number of carbonyl (C=O) groups excluding carboxylic acids is 1. The van der Waals surface area contributed by atoms with Gasteiger partial charge in [0.1, 0.15) is 0 Å². The van der Waals surface area contributed by atoms with Gasteiger partial charge in [0.05, 0.1) is 12.9 Å². The maximum Gasteiger partial charge on any atom is 0.260 e. The quantitative estimate of drug-likeness (QED) is 0.622. The van der Waals surface area contributed by atoms with Gasteiger partial charge in [-0.3, -0.25) is 4.79 Å². The molecule has 1 aromatic heterocycles. The van der Waals surface area contributed by atoms with Crippen molar-refractivity contribution < 1.29 is 13.2 Å². The fourth-order valence-corrected chi connectivity index (χ4v) is 3.25. The van der Waals surface area contributed by atoms with Gasteiger partial charge in [-0.05, 0) is 17.0 Å². The van der Waals surface area contributed by atoms with Gasteiger partial charge in [-0.15, -0.1) is 0 Å². The van der Waals surface area contributed by atoms with E-state index in [1.54, 1.807) is 7.05 Å². The fourth-order valence-electron chi connectivity index (χ4n) is 2.29. The van der Waals surface area contributed by atoms with E-state index in [4.69, 9.17) is 5.73 Å². The summed E-state index contributed by atoms with van der Waals surface area (Å²) >= 11 is 0. The zero-order chi connectivity index (χ0) is 19.3. The Hall–Kier alpha value is -2.23. The predicted octanol–water partition coefficient (Wildman–Crippen LogP) is 0.638. The van der Waals surface area contributed by atoms with E-state index < -0.39 is 15.9 Å². The number of hydrogen-bond donors (Lipinski definition) is 3. The lowest BCUT2D eigenvalue weighted by Gasteiger charge is -2.14. The van der Waals surface area contributed by atoms with Crippen molar-refractivity contribution in [3.05, 3.63) is 47.9 Å². The van der Waals surface area contributed by atoms with Crippen LogP contribution in [0.5, 0.6) is 0 Å². The maximum absolute atomic E-state index is 12.0. The number of nitrogens with zero attached hydrogens (tertiary/aromatic N) is 2. The highest BCUT2D eigenvalue weighted by Crippen LogP contribution is 2.17. The van der Waals surface area contributed by atoms with Crippen molar-refractivity contribution in [2.75, 3.05) is 13.1 Å². The second kappa shape index (κ2) is 8.43. The molecule has 0 bridgehead atoms. The molecule has 1 unspecified atom stereocenters. The van der Waals surface area contributed by atoms with E-state index in [0.29, 0.717) is 5.92 Å². The summed E-state index contributed by atoms with van der Waals surface area (Å²) < 4.78 is 27.7. The van der Waals surface area contributed by atoms with Crippen LogP contribution in [0.2, 0.25) is 0 Å². The van der Waals surface area contributed by atoms with E-state index >= 15 is 0 Å². The van der Waals surface area contributed by atoms with E-state index in [2.05, 4.69) is 28.9 Å². The summed E-state index contributed by atoms with van der Waals surface area (Å²) in [5, 5.41) is 2.50. The maximum atomic E-state index is 12.0. The third-order valence-electron chi connectivity index (χ3n) is 3.93. The molecule has 0 saturated heterocycles. The molecule has 1 amide bonds. The third kappa shape index (κ3) is 5.38. The second-order valence-corrected chi connectivity index (χ2v) is 8.15. The van der Waals surface area contributed by atoms with E-state index in [9.17, 15) is 13.2 Å². The van der Waals surface area contributed by atoms with Gasteiger partial charge >= 0.3 is 0 Å². The highest BCUT2D eigenvalue weighted by molar-refractivity contribution is 7.89. The number of imidazole rings is 1. The normalized spacial score (nSPS) is 13.0. The molecule has 0 saturated carbocycles. The van der Waals surface area contributed by atoms with Crippen LogP contribution in [-0.4, -0.2) is 37.0 Å². The van der Waals surface area contributed by atoms with Gasteiger partial charge < -0.3 is 15.6 Å². The minimum absolute atomic E-state index is 0.130. The van der Waals surface area contributed by atoms with E-state index in [0.717, 1.165) is 5.56 Å². The largest absolute Gasteiger partial charge is 0.353 e. The molecule has 0 radical (unpaired) electrons. The van der Waals surface area contributed by atoms with Gasteiger partial charge in [-0.1, -0.05) is 38.1 Å². The zero-order valence-corrected chi connectivity index (χ0v) is 16.0. The van der Waals surface area contributed by atoms with Gasteiger partial charge in [0.15, 0.2) is 5.03 Å². The fraction of sp³-hybridized carbons (Fsp3) is 0.412. The average molecular weight is 379 g/mol. The number of amides is 1. The Morgan fingerprint density at radius 1 is 1.23 bits per heavy atom. The van der Waals surface area contributed by atoms with Crippen molar-refractivity contribution in [1.82, 2.24) is 19.6 Å². The number of nitrogens with two attached hydrogens (primary N) is 1. The molecule has 8 nitrogen and oxygen atoms in total. The third-order valence-corrected chi connectivity index (χ3v) is 5.22. The number of nitrogens with one attached hydrogen (secondary N) is 2. The Morgan fingerprint density at radius 3 is 2.38 bits per heavy atom. The first kappa shape index (κ1) is 20.1. The van der Waals surface area contributed by atoms with Crippen LogP contribution in [0.1, 0.15) is 36.9 Å². The molecule has 0 spiro atoms. The molecule has 26 heavy (non-hydrogen) atoms. The lowest BCUT2D eigenvalue weighted by Crippen LogP contribution is -2.39. The first-order valence-corrected chi connectivity index (χ1v) is 9.77. The topological polar surface area (TPSA) is 119 Å². The Labute approximate surface area is 153 Å². The molecule has 2 aromatic rings. The summed E-state index contributed by atoms with van der Waals surface area (Å²) in [5.41, 5.74) is 8.20. The van der Waals surface area contributed by atoms with Crippen molar-refractivity contribution in [3.8, 4) is 0 Å². The van der Waals surface area contributed by atoms with Crippen LogP contribution < -0.4 is 15.8 Å². The molecular formula is C17H25N5O3S. The van der Waals surface area contributed by atoms with E-state index in [1.165, 1.54) is 22.7 Å². The second-order valence-electron chi connectivity index (χ2n) is 6.43. The monoisotopic (exact) mass is 379 g/mol. The van der Waals surface area contributed by atoms with Gasteiger partial charge in [0, 0.05) is 25.8 Å². The Balaban J connectivity index is 1.82. The number of rotatable bonds is 8. The summed E-state index contributed by atoms with van der Waals surface area (Å²) in [6.07, 6.45) is 2.73. The SMILES string of the molecule is CC(C)c1ccc(C(N)CNC(=O)CNS(=O)(=O)c2cn(C)cn2)cc1. The molecule has 9 heteroatoms. The molecule has 1 aromatic carbocycles. The molecule has 2 rings (SSSR count). The number of hydrogen-bond acceptors (Lipinski definition) is 5. The standard InChI is InChI=1S/C17H25N5O3S/c1-12(2)13-4-6-14(7-5-13)15(18)8-19-16(23)9-21-26(24,25)17-10-22(3)11-20-17/h4-7,10-12,15,21H,8-9,18H2,1-3H3,(H,19,23). The Bertz CT molecular complexity index is 844. The minimum atomic E-state index is -3.81. The first-order valence-electron chi connectivity index (χ1n) is 8.29. The molecule has 4 N–H and O–H groups in total. The molecule has 1 heterocycles. The Kier molecular flexibility index (Phi) is 6.52. The number of sulfonamides is 1. The van der Waals surface area contributed by atoms with Crippen molar-refractivity contribution >= 4 is 15.9 Å². The summed E-state index contributed by atoms with van der Waals surface area (Å²) in [5.74, 6) is -0.0224. The van der Waals surface area contributed by atoms with E-state index in [1.807, 2.05) is 24.3 Å². The van der Waals surface area contributed by atoms with Crippen molar-refractivity contribution in [2.24, 2.45) is 12.8 Å². The summed E-state index contributed by atoms with van der Waals surface area (Å²) in [7, 11) is -2.15. The first-order chi connectivity index (χ1) is 12.2. The van der Waals surface area contributed by atoms with Crippen molar-refractivity contribution in [3.63, 3.8) is 0 Å². The molecule has 0 aliphatic carbocycles. The van der Waals surface area contributed by atoms with Crippen LogP contribution in [-0.2, 0) is 21.9 Å². The van der Waals surface area contributed by atoms with E-state index in [-0.39, 0.29) is 24.2 Å². The van der Waals surface area contributed by atoms with Crippen LogP contribution in [0.4, 0.5) is 0 Å². The summed E-state index contributed by atoms with van der Waals surface area (Å²) in [6.45, 7) is 4.06. The van der Waals surface area contributed by atoms with Crippen LogP contribution in [0, 0.1) is 0 Å². The summed E-state index contributed by atoms with van der Waals surface area (Å²) in [6, 6.07) is 7.55. The number of carbonyl (C=O) groups is 1. The number of aromatic nitrogens is 2. The molecule has 0 fully saturated rings. The highest BCUT2D eigenvalue weighted by atomic mass is 32.2. The smallest absolute Gasteiger partial charge is 0.260 e. The summed E-state index contributed by atoms with van der Waals surface area (Å²) in [4.78, 5) is 15.6. The molecule has 142 valence electrons. The molecule has 0 aliphatic rings. The lowest BCUT2D eigenvalue weighted by atomic mass is 9.99. The number of aryl methyl sites for hydroxylation is 1. The van der Waals surface area contributed by atoms with Gasteiger partial charge in [0.2, 0.25) is 5.91 Å². The average Bonchev–Trinajstić information content (AvgIpc) is 3.05. The van der Waals surface area contributed by atoms with Crippen LogP contribution in [0.3, 0.4) is 0 Å². The molecular weight excluding hydrogens is 354 g/mol. The minimum Gasteiger partial charge on any atom is -0.353 e. The van der Waals surface area contributed by atoms with Crippen molar-refractivity contribution in [2.45, 2.75) is 30.8 Å².